The first-order valence-electron chi connectivity index (χ1n) is 4.61. The molecule has 0 radical (unpaired) electrons. The Morgan fingerprint density at radius 1 is 1.57 bits per heavy atom. The van der Waals surface area contributed by atoms with Crippen molar-refractivity contribution in [1.82, 2.24) is 10.1 Å². The lowest BCUT2D eigenvalue weighted by molar-refractivity contribution is -0.137. The number of carbonyl (C=O) groups is 1. The van der Waals surface area contributed by atoms with E-state index >= 15 is 0 Å². The van der Waals surface area contributed by atoms with E-state index in [2.05, 4.69) is 24.0 Å². The van der Waals surface area contributed by atoms with Crippen molar-refractivity contribution in [2.24, 2.45) is 5.92 Å². The van der Waals surface area contributed by atoms with Crippen molar-refractivity contribution in [2.75, 3.05) is 0 Å². The van der Waals surface area contributed by atoms with Crippen LogP contribution in [0.25, 0.3) is 0 Å². The molecular formula is C9H14N2O3. The van der Waals surface area contributed by atoms with Crippen LogP contribution in [0.5, 0.6) is 0 Å². The lowest BCUT2D eigenvalue weighted by Crippen LogP contribution is -1.99. The molecule has 0 amide bonds. The highest BCUT2D eigenvalue weighted by atomic mass is 16.5. The van der Waals surface area contributed by atoms with Gasteiger partial charge in [-0.3, -0.25) is 4.79 Å². The van der Waals surface area contributed by atoms with Gasteiger partial charge in [0, 0.05) is 12.8 Å². The number of hydrogen-bond acceptors (Lipinski definition) is 4. The monoisotopic (exact) mass is 198 g/mol. The van der Waals surface area contributed by atoms with Crippen molar-refractivity contribution in [3.05, 3.63) is 11.7 Å². The predicted octanol–water partition coefficient (Wildman–Crippen LogP) is 1.29. The minimum absolute atomic E-state index is 0.0311. The maximum atomic E-state index is 10.3. The predicted molar refractivity (Wildman–Crippen MR) is 48.8 cm³/mol. The van der Waals surface area contributed by atoms with Crippen molar-refractivity contribution >= 4 is 5.97 Å². The number of carboxylic acids is 1. The summed E-state index contributed by atoms with van der Waals surface area (Å²) < 4.78 is 4.89. The van der Waals surface area contributed by atoms with E-state index in [1.165, 1.54) is 0 Å². The molecule has 14 heavy (non-hydrogen) atoms. The van der Waals surface area contributed by atoms with E-state index in [1.54, 1.807) is 0 Å². The van der Waals surface area contributed by atoms with E-state index in [9.17, 15) is 4.79 Å². The molecule has 0 saturated carbocycles. The quantitative estimate of drug-likeness (QED) is 0.771. The Morgan fingerprint density at radius 3 is 2.86 bits per heavy atom. The first-order valence-corrected chi connectivity index (χ1v) is 4.61. The van der Waals surface area contributed by atoms with Crippen LogP contribution >= 0.6 is 0 Å². The van der Waals surface area contributed by atoms with Gasteiger partial charge in [0.15, 0.2) is 5.82 Å². The average Bonchev–Trinajstić information content (AvgIpc) is 2.47. The summed E-state index contributed by atoms with van der Waals surface area (Å²) >= 11 is 0. The van der Waals surface area contributed by atoms with Crippen LogP contribution in [0, 0.1) is 5.92 Å². The number of nitrogens with zero attached hydrogens (tertiary/aromatic N) is 2. The summed E-state index contributed by atoms with van der Waals surface area (Å²) in [7, 11) is 0. The molecule has 0 saturated heterocycles. The first kappa shape index (κ1) is 10.7. The van der Waals surface area contributed by atoms with Gasteiger partial charge in [0.05, 0.1) is 6.42 Å². The van der Waals surface area contributed by atoms with Crippen LogP contribution < -0.4 is 0 Å². The molecule has 0 unspecified atom stereocenters. The number of hydrogen-bond donors (Lipinski definition) is 1. The number of rotatable bonds is 5. The SMILES string of the molecule is CC(C)Cc1noc(CCC(=O)O)n1. The van der Waals surface area contributed by atoms with E-state index in [0.29, 0.717) is 24.1 Å². The maximum absolute atomic E-state index is 10.3. The lowest BCUT2D eigenvalue weighted by atomic mass is 10.1. The Morgan fingerprint density at radius 2 is 2.29 bits per heavy atom. The Balaban J connectivity index is 2.46. The zero-order valence-corrected chi connectivity index (χ0v) is 8.36. The summed E-state index contributed by atoms with van der Waals surface area (Å²) in [4.78, 5) is 14.3. The van der Waals surface area contributed by atoms with Crippen molar-refractivity contribution in [1.29, 1.82) is 0 Å². The van der Waals surface area contributed by atoms with Crippen LogP contribution in [0.3, 0.4) is 0 Å². The molecule has 5 heteroatoms. The van der Waals surface area contributed by atoms with E-state index in [1.807, 2.05) is 0 Å². The van der Waals surface area contributed by atoms with Gasteiger partial charge in [-0.2, -0.15) is 4.98 Å². The standard InChI is InChI=1S/C9H14N2O3/c1-6(2)5-7-10-8(14-11-7)3-4-9(12)13/h6H,3-5H2,1-2H3,(H,12,13). The molecule has 0 aliphatic rings. The molecule has 1 aromatic rings. The normalized spacial score (nSPS) is 10.8. The number of aliphatic carboxylic acids is 1. The van der Waals surface area contributed by atoms with Gasteiger partial charge in [-0.15, -0.1) is 0 Å². The van der Waals surface area contributed by atoms with Crippen molar-refractivity contribution in [3.63, 3.8) is 0 Å². The molecule has 1 N–H and O–H groups in total. The van der Waals surface area contributed by atoms with E-state index in [0.717, 1.165) is 6.42 Å². The van der Waals surface area contributed by atoms with Crippen LogP contribution in [0.1, 0.15) is 32.0 Å². The van der Waals surface area contributed by atoms with Crippen molar-refractivity contribution in [3.8, 4) is 0 Å². The van der Waals surface area contributed by atoms with Gasteiger partial charge in [-0.25, -0.2) is 0 Å². The maximum Gasteiger partial charge on any atom is 0.303 e. The van der Waals surface area contributed by atoms with Crippen LogP contribution in [-0.4, -0.2) is 21.2 Å². The second-order valence-electron chi connectivity index (χ2n) is 3.60. The van der Waals surface area contributed by atoms with Gasteiger partial charge in [-0.1, -0.05) is 19.0 Å². The molecule has 5 nitrogen and oxygen atoms in total. The van der Waals surface area contributed by atoms with Gasteiger partial charge in [0.25, 0.3) is 0 Å². The molecule has 0 aliphatic heterocycles. The smallest absolute Gasteiger partial charge is 0.303 e. The average molecular weight is 198 g/mol. The number of aryl methyl sites for hydroxylation is 1. The van der Waals surface area contributed by atoms with Gasteiger partial charge >= 0.3 is 5.97 Å². The highest BCUT2D eigenvalue weighted by molar-refractivity contribution is 5.66. The molecule has 0 bridgehead atoms. The summed E-state index contributed by atoms with van der Waals surface area (Å²) in [6, 6.07) is 0. The molecule has 1 rings (SSSR count). The Kier molecular flexibility index (Phi) is 3.62. The third kappa shape index (κ3) is 3.55. The summed E-state index contributed by atoms with van der Waals surface area (Å²) in [6.07, 6.45) is 1.10. The van der Waals surface area contributed by atoms with E-state index in [4.69, 9.17) is 9.63 Å². The van der Waals surface area contributed by atoms with E-state index < -0.39 is 5.97 Å². The Bertz CT molecular complexity index is 307. The zero-order chi connectivity index (χ0) is 10.6. The highest BCUT2D eigenvalue weighted by Gasteiger charge is 2.09. The third-order valence-electron chi connectivity index (χ3n) is 1.65. The number of carboxylic acid groups (broad SMARTS) is 1. The summed E-state index contributed by atoms with van der Waals surface area (Å²) in [5, 5.41) is 12.2. The van der Waals surface area contributed by atoms with Gasteiger partial charge in [0.2, 0.25) is 5.89 Å². The highest BCUT2D eigenvalue weighted by Crippen LogP contribution is 2.06. The fourth-order valence-electron chi connectivity index (χ4n) is 1.05. The van der Waals surface area contributed by atoms with Gasteiger partial charge < -0.3 is 9.63 Å². The molecular weight excluding hydrogens is 184 g/mol. The Labute approximate surface area is 82.1 Å². The number of aromatic nitrogens is 2. The van der Waals surface area contributed by atoms with Crippen LogP contribution in [0.4, 0.5) is 0 Å². The second kappa shape index (κ2) is 4.74. The van der Waals surface area contributed by atoms with E-state index in [-0.39, 0.29) is 6.42 Å². The minimum Gasteiger partial charge on any atom is -0.481 e. The molecule has 0 aliphatic carbocycles. The van der Waals surface area contributed by atoms with Crippen LogP contribution in [0.2, 0.25) is 0 Å². The minimum atomic E-state index is -0.853. The van der Waals surface area contributed by atoms with Gasteiger partial charge in [-0.05, 0) is 5.92 Å². The second-order valence-corrected chi connectivity index (χ2v) is 3.60. The molecule has 1 heterocycles. The van der Waals surface area contributed by atoms with Crippen LogP contribution in [0.15, 0.2) is 4.52 Å². The summed E-state index contributed by atoms with van der Waals surface area (Å²) in [6.45, 7) is 4.13. The fraction of sp³-hybridized carbons (Fsp3) is 0.667. The summed E-state index contributed by atoms with van der Waals surface area (Å²) in [5.74, 6) is 0.678. The molecule has 0 spiro atoms. The molecule has 1 aromatic heterocycles. The summed E-state index contributed by atoms with van der Waals surface area (Å²) in [5.41, 5.74) is 0. The third-order valence-corrected chi connectivity index (χ3v) is 1.65. The lowest BCUT2D eigenvalue weighted by Gasteiger charge is -1.95. The zero-order valence-electron chi connectivity index (χ0n) is 8.36. The van der Waals surface area contributed by atoms with Crippen LogP contribution in [-0.2, 0) is 17.6 Å². The Hall–Kier alpha value is -1.39. The fourth-order valence-corrected chi connectivity index (χ4v) is 1.05. The largest absolute Gasteiger partial charge is 0.481 e. The first-order chi connectivity index (χ1) is 6.58. The van der Waals surface area contributed by atoms with Crippen molar-refractivity contribution in [2.45, 2.75) is 33.1 Å². The van der Waals surface area contributed by atoms with Crippen molar-refractivity contribution < 1.29 is 14.4 Å². The molecule has 0 fully saturated rings. The van der Waals surface area contributed by atoms with Gasteiger partial charge in [0.1, 0.15) is 0 Å². The molecule has 0 atom stereocenters. The topological polar surface area (TPSA) is 76.2 Å². The molecule has 0 aromatic carbocycles. The molecule has 78 valence electrons.